The molecule has 1 atom stereocenters. The van der Waals surface area contributed by atoms with Crippen LogP contribution in [0, 0.1) is 5.92 Å². The number of nitrogens with zero attached hydrogens (tertiary/aromatic N) is 1. The van der Waals surface area contributed by atoms with Crippen LogP contribution >= 0.6 is 0 Å². The molecule has 0 aliphatic carbocycles. The van der Waals surface area contributed by atoms with Crippen molar-refractivity contribution in [1.82, 2.24) is 4.90 Å². The molecule has 0 bridgehead atoms. The second-order valence-electron chi connectivity index (χ2n) is 4.99. The van der Waals surface area contributed by atoms with Crippen LogP contribution in [0.5, 0.6) is 0 Å². The molecule has 0 aliphatic heterocycles. The van der Waals surface area contributed by atoms with Gasteiger partial charge in [0.2, 0.25) is 0 Å². The van der Waals surface area contributed by atoms with Gasteiger partial charge in [-0.1, -0.05) is 19.9 Å². The third-order valence-corrected chi connectivity index (χ3v) is 3.15. The zero-order valence-corrected chi connectivity index (χ0v) is 11.0. The SMILES string of the molecule is C=CCC(C)(C(=O)C(C)C)N(C)C(C)C. The van der Waals surface area contributed by atoms with Gasteiger partial charge in [-0.05, 0) is 34.2 Å². The number of carbonyl (C=O) groups is 1. The Bertz CT molecular complexity index is 233. The first kappa shape index (κ1) is 14.4. The second kappa shape index (κ2) is 5.45. The molecule has 2 nitrogen and oxygen atoms in total. The monoisotopic (exact) mass is 211 g/mol. The van der Waals surface area contributed by atoms with Crippen LogP contribution < -0.4 is 0 Å². The third-order valence-electron chi connectivity index (χ3n) is 3.15. The van der Waals surface area contributed by atoms with Gasteiger partial charge < -0.3 is 0 Å². The molecule has 0 spiro atoms. The summed E-state index contributed by atoms with van der Waals surface area (Å²) >= 11 is 0. The maximum absolute atomic E-state index is 12.2. The number of Topliss-reactive ketones (excluding diaryl/α,β-unsaturated/α-hetero) is 1. The van der Waals surface area contributed by atoms with Crippen molar-refractivity contribution in [3.8, 4) is 0 Å². The van der Waals surface area contributed by atoms with Crippen LogP contribution in [-0.2, 0) is 4.79 Å². The number of hydrogen-bond acceptors (Lipinski definition) is 2. The Morgan fingerprint density at radius 2 is 1.87 bits per heavy atom. The lowest BCUT2D eigenvalue weighted by Crippen LogP contribution is -2.54. The predicted octanol–water partition coefficient (Wildman–Crippen LogP) is 2.89. The van der Waals surface area contributed by atoms with E-state index in [0.29, 0.717) is 18.2 Å². The van der Waals surface area contributed by atoms with Gasteiger partial charge in [0.25, 0.3) is 0 Å². The fraction of sp³-hybridized carbons (Fsp3) is 0.769. The van der Waals surface area contributed by atoms with E-state index >= 15 is 0 Å². The molecule has 0 aromatic carbocycles. The highest BCUT2D eigenvalue weighted by atomic mass is 16.1. The van der Waals surface area contributed by atoms with Gasteiger partial charge in [0, 0.05) is 12.0 Å². The lowest BCUT2D eigenvalue weighted by molar-refractivity contribution is -0.133. The van der Waals surface area contributed by atoms with Crippen molar-refractivity contribution < 1.29 is 4.79 Å². The first-order chi connectivity index (χ1) is 6.77. The zero-order chi connectivity index (χ0) is 12.2. The average molecular weight is 211 g/mol. The molecule has 0 N–H and O–H groups in total. The molecule has 0 saturated carbocycles. The summed E-state index contributed by atoms with van der Waals surface area (Å²) < 4.78 is 0. The summed E-state index contributed by atoms with van der Waals surface area (Å²) in [7, 11) is 2.01. The van der Waals surface area contributed by atoms with Crippen molar-refractivity contribution in [1.29, 1.82) is 0 Å². The van der Waals surface area contributed by atoms with Crippen LogP contribution in [0.4, 0.5) is 0 Å². The number of rotatable bonds is 6. The topological polar surface area (TPSA) is 20.3 Å². The first-order valence-corrected chi connectivity index (χ1v) is 5.65. The number of likely N-dealkylation sites (N-methyl/N-ethyl adjacent to an activating group) is 1. The van der Waals surface area contributed by atoms with E-state index in [-0.39, 0.29) is 5.92 Å². The summed E-state index contributed by atoms with van der Waals surface area (Å²) in [4.78, 5) is 14.3. The lowest BCUT2D eigenvalue weighted by atomic mass is 9.84. The highest BCUT2D eigenvalue weighted by molar-refractivity contribution is 5.89. The largest absolute Gasteiger partial charge is 0.297 e. The van der Waals surface area contributed by atoms with Gasteiger partial charge in [0.15, 0.2) is 5.78 Å². The summed E-state index contributed by atoms with van der Waals surface area (Å²) in [5, 5.41) is 0. The van der Waals surface area contributed by atoms with Gasteiger partial charge >= 0.3 is 0 Å². The average Bonchev–Trinajstić information content (AvgIpc) is 2.15. The smallest absolute Gasteiger partial charge is 0.155 e. The molecule has 0 saturated heterocycles. The van der Waals surface area contributed by atoms with Crippen LogP contribution in [-0.4, -0.2) is 29.3 Å². The molecule has 1 unspecified atom stereocenters. The number of ketones is 1. The van der Waals surface area contributed by atoms with Crippen molar-refractivity contribution in [3.63, 3.8) is 0 Å². The van der Waals surface area contributed by atoms with Gasteiger partial charge in [0.1, 0.15) is 0 Å². The Kier molecular flexibility index (Phi) is 5.22. The summed E-state index contributed by atoms with van der Waals surface area (Å²) in [6.45, 7) is 13.9. The summed E-state index contributed by atoms with van der Waals surface area (Å²) in [5.74, 6) is 0.356. The van der Waals surface area contributed by atoms with Gasteiger partial charge in [-0.25, -0.2) is 0 Å². The molecule has 0 heterocycles. The molecular formula is C13H25NO. The van der Waals surface area contributed by atoms with E-state index in [4.69, 9.17) is 0 Å². The molecule has 15 heavy (non-hydrogen) atoms. The van der Waals surface area contributed by atoms with E-state index in [9.17, 15) is 4.79 Å². The molecule has 88 valence electrons. The van der Waals surface area contributed by atoms with Crippen LogP contribution in [0.15, 0.2) is 12.7 Å². The Morgan fingerprint density at radius 3 is 2.13 bits per heavy atom. The summed E-state index contributed by atoms with van der Waals surface area (Å²) in [6, 6.07) is 0.359. The Hall–Kier alpha value is -0.630. The molecular weight excluding hydrogens is 186 g/mol. The fourth-order valence-electron chi connectivity index (χ4n) is 1.89. The first-order valence-electron chi connectivity index (χ1n) is 5.65. The van der Waals surface area contributed by atoms with Gasteiger partial charge in [-0.2, -0.15) is 0 Å². The van der Waals surface area contributed by atoms with Gasteiger partial charge in [0.05, 0.1) is 5.54 Å². The van der Waals surface area contributed by atoms with E-state index in [2.05, 4.69) is 25.3 Å². The maximum atomic E-state index is 12.2. The quantitative estimate of drug-likeness (QED) is 0.630. The third kappa shape index (κ3) is 3.16. The zero-order valence-electron chi connectivity index (χ0n) is 11.0. The van der Waals surface area contributed by atoms with Crippen molar-refractivity contribution in [3.05, 3.63) is 12.7 Å². The molecule has 0 aromatic heterocycles. The summed E-state index contributed by atoms with van der Waals surface area (Å²) in [6.07, 6.45) is 2.54. The van der Waals surface area contributed by atoms with Crippen LogP contribution in [0.25, 0.3) is 0 Å². The normalized spacial score (nSPS) is 15.8. The molecule has 0 aliphatic rings. The molecule has 2 heteroatoms. The molecule has 0 amide bonds. The minimum Gasteiger partial charge on any atom is -0.297 e. The maximum Gasteiger partial charge on any atom is 0.155 e. The Labute approximate surface area is 94.4 Å². The minimum absolute atomic E-state index is 0.0659. The lowest BCUT2D eigenvalue weighted by Gasteiger charge is -2.40. The summed E-state index contributed by atoms with van der Waals surface area (Å²) in [5.41, 5.74) is -0.413. The van der Waals surface area contributed by atoms with Crippen molar-refractivity contribution >= 4 is 5.78 Å². The molecule has 0 rings (SSSR count). The Balaban J connectivity index is 5.04. The number of carbonyl (C=O) groups excluding carboxylic acids is 1. The van der Waals surface area contributed by atoms with E-state index in [0.717, 1.165) is 0 Å². The highest BCUT2D eigenvalue weighted by Crippen LogP contribution is 2.25. The van der Waals surface area contributed by atoms with Gasteiger partial charge in [-0.3, -0.25) is 9.69 Å². The molecule has 0 radical (unpaired) electrons. The highest BCUT2D eigenvalue weighted by Gasteiger charge is 2.38. The predicted molar refractivity (Wildman–Crippen MR) is 66.0 cm³/mol. The number of hydrogen-bond donors (Lipinski definition) is 0. The van der Waals surface area contributed by atoms with Crippen LogP contribution in [0.1, 0.15) is 41.0 Å². The van der Waals surface area contributed by atoms with Crippen molar-refractivity contribution in [2.75, 3.05) is 7.05 Å². The molecule has 0 aromatic rings. The second-order valence-corrected chi connectivity index (χ2v) is 4.99. The van der Waals surface area contributed by atoms with Crippen molar-refractivity contribution in [2.24, 2.45) is 5.92 Å². The van der Waals surface area contributed by atoms with E-state index in [1.165, 1.54) is 0 Å². The van der Waals surface area contributed by atoms with E-state index in [1.807, 2.05) is 33.9 Å². The standard InChI is InChI=1S/C13H25NO/c1-8-9-13(6,12(15)10(2)3)14(7)11(4)5/h8,10-11H,1,9H2,2-7H3. The van der Waals surface area contributed by atoms with E-state index in [1.54, 1.807) is 0 Å². The van der Waals surface area contributed by atoms with Crippen molar-refractivity contribution in [2.45, 2.75) is 52.6 Å². The Morgan fingerprint density at radius 1 is 1.40 bits per heavy atom. The van der Waals surface area contributed by atoms with E-state index < -0.39 is 5.54 Å². The molecule has 0 fully saturated rings. The minimum atomic E-state index is -0.413. The van der Waals surface area contributed by atoms with Gasteiger partial charge in [-0.15, -0.1) is 6.58 Å². The van der Waals surface area contributed by atoms with Crippen LogP contribution in [0.3, 0.4) is 0 Å². The fourth-order valence-corrected chi connectivity index (χ4v) is 1.89. The van der Waals surface area contributed by atoms with Crippen LogP contribution in [0.2, 0.25) is 0 Å².